The normalized spacial score (nSPS) is 18.6. The fraction of sp³-hybridized carbons (Fsp3) is 0.500. The van der Waals surface area contributed by atoms with Crippen LogP contribution in [0.4, 0.5) is 5.69 Å². The Morgan fingerprint density at radius 1 is 1.50 bits per heavy atom. The molecule has 0 saturated carbocycles. The lowest BCUT2D eigenvalue weighted by Crippen LogP contribution is -2.40. The predicted molar refractivity (Wildman–Crippen MR) is 77.9 cm³/mol. The number of likely N-dealkylation sites (N-methyl/N-ethyl adjacent to an activating group) is 1. The van der Waals surface area contributed by atoms with Gasteiger partial charge in [-0.05, 0) is 43.6 Å². The van der Waals surface area contributed by atoms with Crippen LogP contribution in [0.25, 0.3) is 10.4 Å². The van der Waals surface area contributed by atoms with Crippen LogP contribution in [0.5, 0.6) is 0 Å². The van der Waals surface area contributed by atoms with Gasteiger partial charge in [-0.3, -0.25) is 9.69 Å². The van der Waals surface area contributed by atoms with Gasteiger partial charge in [-0.2, -0.15) is 0 Å². The second-order valence-corrected chi connectivity index (χ2v) is 4.87. The van der Waals surface area contributed by atoms with Crippen molar-refractivity contribution in [3.63, 3.8) is 0 Å². The third-order valence-electron chi connectivity index (χ3n) is 3.69. The maximum Gasteiger partial charge on any atom is 0.251 e. The monoisotopic (exact) mass is 273 g/mol. The maximum atomic E-state index is 12.0. The number of carbonyl (C=O) groups is 1. The van der Waals surface area contributed by atoms with Gasteiger partial charge in [0.25, 0.3) is 5.91 Å². The van der Waals surface area contributed by atoms with Gasteiger partial charge in [0.05, 0.1) is 0 Å². The molecule has 1 saturated heterocycles. The fourth-order valence-corrected chi connectivity index (χ4v) is 2.59. The van der Waals surface area contributed by atoms with E-state index in [1.54, 1.807) is 24.3 Å². The van der Waals surface area contributed by atoms with Gasteiger partial charge in [0.15, 0.2) is 0 Å². The first-order valence-corrected chi connectivity index (χ1v) is 6.92. The molecule has 0 aromatic heterocycles. The Balaban J connectivity index is 1.89. The Kier molecular flexibility index (Phi) is 4.98. The molecule has 0 bridgehead atoms. The van der Waals surface area contributed by atoms with E-state index in [1.807, 2.05) is 0 Å². The standard InChI is InChI=1S/C14H19N5O/c1-2-19-9-3-4-13(19)10-16-14(20)11-5-7-12(8-6-11)17-18-15/h5-8,13H,2-4,9-10H2,1H3,(H,16,20). The Labute approximate surface area is 118 Å². The quantitative estimate of drug-likeness (QED) is 0.508. The summed E-state index contributed by atoms with van der Waals surface area (Å²) in [4.78, 5) is 17.1. The number of likely N-dealkylation sites (tertiary alicyclic amines) is 1. The largest absolute Gasteiger partial charge is 0.350 e. The lowest BCUT2D eigenvalue weighted by Gasteiger charge is -2.22. The molecule has 1 amide bonds. The van der Waals surface area contributed by atoms with E-state index in [1.165, 1.54) is 6.42 Å². The van der Waals surface area contributed by atoms with E-state index >= 15 is 0 Å². The van der Waals surface area contributed by atoms with E-state index in [0.717, 1.165) is 19.5 Å². The molecule has 1 atom stereocenters. The smallest absolute Gasteiger partial charge is 0.251 e. The first-order chi connectivity index (χ1) is 9.74. The number of amides is 1. The van der Waals surface area contributed by atoms with E-state index in [4.69, 9.17) is 5.53 Å². The van der Waals surface area contributed by atoms with Crippen LogP contribution in [0.1, 0.15) is 30.1 Å². The van der Waals surface area contributed by atoms with Gasteiger partial charge in [-0.15, -0.1) is 0 Å². The van der Waals surface area contributed by atoms with Gasteiger partial charge >= 0.3 is 0 Å². The number of carbonyl (C=O) groups excluding carboxylic acids is 1. The fourth-order valence-electron chi connectivity index (χ4n) is 2.59. The molecule has 1 unspecified atom stereocenters. The second kappa shape index (κ2) is 6.93. The molecule has 0 spiro atoms. The summed E-state index contributed by atoms with van der Waals surface area (Å²) in [6.45, 7) is 4.98. The van der Waals surface area contributed by atoms with Crippen molar-refractivity contribution in [2.75, 3.05) is 19.6 Å². The van der Waals surface area contributed by atoms with Crippen molar-refractivity contribution in [3.05, 3.63) is 40.3 Å². The molecule has 106 valence electrons. The summed E-state index contributed by atoms with van der Waals surface area (Å²) < 4.78 is 0. The highest BCUT2D eigenvalue weighted by atomic mass is 16.1. The van der Waals surface area contributed by atoms with Gasteiger partial charge in [0.2, 0.25) is 0 Å². The van der Waals surface area contributed by atoms with Crippen molar-refractivity contribution in [1.29, 1.82) is 0 Å². The minimum Gasteiger partial charge on any atom is -0.350 e. The van der Waals surface area contributed by atoms with Crippen molar-refractivity contribution in [2.45, 2.75) is 25.8 Å². The number of azide groups is 1. The number of hydrogen-bond donors (Lipinski definition) is 1. The second-order valence-electron chi connectivity index (χ2n) is 4.87. The van der Waals surface area contributed by atoms with Crippen LogP contribution in [-0.4, -0.2) is 36.5 Å². The first-order valence-electron chi connectivity index (χ1n) is 6.92. The third kappa shape index (κ3) is 3.50. The molecule has 6 heteroatoms. The number of nitrogens with one attached hydrogen (secondary N) is 1. The number of rotatable bonds is 5. The molecule has 1 aromatic carbocycles. The van der Waals surface area contributed by atoms with Crippen LogP contribution >= 0.6 is 0 Å². The molecule has 1 N–H and O–H groups in total. The average molecular weight is 273 g/mol. The molecule has 1 aliphatic heterocycles. The molecule has 20 heavy (non-hydrogen) atoms. The molecule has 1 heterocycles. The molecule has 1 aliphatic rings. The van der Waals surface area contributed by atoms with Crippen LogP contribution in [0.3, 0.4) is 0 Å². The summed E-state index contributed by atoms with van der Waals surface area (Å²) in [5.74, 6) is -0.0829. The zero-order chi connectivity index (χ0) is 14.4. The van der Waals surface area contributed by atoms with Crippen molar-refractivity contribution >= 4 is 11.6 Å². The van der Waals surface area contributed by atoms with Crippen LogP contribution in [0.2, 0.25) is 0 Å². The summed E-state index contributed by atoms with van der Waals surface area (Å²) in [6.07, 6.45) is 2.35. The van der Waals surface area contributed by atoms with E-state index < -0.39 is 0 Å². The minimum atomic E-state index is -0.0829. The van der Waals surface area contributed by atoms with E-state index in [0.29, 0.717) is 23.8 Å². The Morgan fingerprint density at radius 3 is 2.90 bits per heavy atom. The molecule has 0 aliphatic carbocycles. The van der Waals surface area contributed by atoms with Gasteiger partial charge in [0.1, 0.15) is 0 Å². The van der Waals surface area contributed by atoms with Crippen LogP contribution in [0, 0.1) is 0 Å². The number of hydrogen-bond acceptors (Lipinski definition) is 3. The molecular weight excluding hydrogens is 254 g/mol. The van der Waals surface area contributed by atoms with Crippen LogP contribution < -0.4 is 5.32 Å². The van der Waals surface area contributed by atoms with Gasteiger partial charge in [-0.25, -0.2) is 0 Å². The van der Waals surface area contributed by atoms with Crippen LogP contribution in [-0.2, 0) is 0 Å². The van der Waals surface area contributed by atoms with E-state index in [-0.39, 0.29) is 5.91 Å². The highest BCUT2D eigenvalue weighted by molar-refractivity contribution is 5.94. The zero-order valence-corrected chi connectivity index (χ0v) is 11.6. The van der Waals surface area contributed by atoms with E-state index in [2.05, 4.69) is 27.2 Å². The minimum absolute atomic E-state index is 0.0829. The zero-order valence-electron chi connectivity index (χ0n) is 11.6. The molecule has 1 aromatic rings. The Morgan fingerprint density at radius 2 is 2.25 bits per heavy atom. The summed E-state index contributed by atoms with van der Waals surface area (Å²) in [5.41, 5.74) is 9.42. The van der Waals surface area contributed by atoms with Crippen molar-refractivity contribution in [2.24, 2.45) is 5.11 Å². The van der Waals surface area contributed by atoms with Crippen molar-refractivity contribution in [1.82, 2.24) is 10.2 Å². The van der Waals surface area contributed by atoms with Gasteiger partial charge in [0, 0.05) is 28.7 Å². The third-order valence-corrected chi connectivity index (χ3v) is 3.69. The first kappa shape index (κ1) is 14.4. The summed E-state index contributed by atoms with van der Waals surface area (Å²) in [7, 11) is 0. The predicted octanol–water partition coefficient (Wildman–Crippen LogP) is 2.84. The molecule has 6 nitrogen and oxygen atoms in total. The number of benzene rings is 1. The molecule has 1 fully saturated rings. The Hall–Kier alpha value is -2.04. The topological polar surface area (TPSA) is 81.1 Å². The summed E-state index contributed by atoms with van der Waals surface area (Å²) in [5, 5.41) is 6.45. The van der Waals surface area contributed by atoms with Gasteiger partial charge in [-0.1, -0.05) is 24.2 Å². The van der Waals surface area contributed by atoms with Crippen molar-refractivity contribution < 1.29 is 4.79 Å². The average Bonchev–Trinajstić information content (AvgIpc) is 2.93. The van der Waals surface area contributed by atoms with Crippen LogP contribution in [0.15, 0.2) is 29.4 Å². The highest BCUT2D eigenvalue weighted by Gasteiger charge is 2.23. The number of nitrogens with zero attached hydrogens (tertiary/aromatic N) is 4. The highest BCUT2D eigenvalue weighted by Crippen LogP contribution is 2.16. The molecule has 2 rings (SSSR count). The van der Waals surface area contributed by atoms with Gasteiger partial charge < -0.3 is 5.32 Å². The SMILES string of the molecule is CCN1CCCC1CNC(=O)c1ccc(N=[N+]=[N-])cc1. The lowest BCUT2D eigenvalue weighted by atomic mass is 10.1. The molecule has 0 radical (unpaired) electrons. The van der Waals surface area contributed by atoms with E-state index in [9.17, 15) is 4.79 Å². The summed E-state index contributed by atoms with van der Waals surface area (Å²) >= 11 is 0. The van der Waals surface area contributed by atoms with Crippen molar-refractivity contribution in [3.8, 4) is 0 Å². The Bertz CT molecular complexity index is 507. The lowest BCUT2D eigenvalue weighted by molar-refractivity contribution is 0.0941. The summed E-state index contributed by atoms with van der Waals surface area (Å²) in [6, 6.07) is 7.08. The molecular formula is C14H19N5O. The maximum absolute atomic E-state index is 12.0.